The molecule has 0 amide bonds. The van der Waals surface area contributed by atoms with Crippen molar-refractivity contribution in [2.75, 3.05) is 18.1 Å². The van der Waals surface area contributed by atoms with E-state index in [1.165, 1.54) is 0 Å². The molecule has 0 aromatic carbocycles. The third-order valence-electron chi connectivity index (χ3n) is 3.96. The number of carbonyl (C=O) groups is 1. The first-order chi connectivity index (χ1) is 7.81. The van der Waals surface area contributed by atoms with E-state index < -0.39 is 22.6 Å². The Bertz CT molecular complexity index is 322. The lowest BCUT2D eigenvalue weighted by molar-refractivity contribution is -0.167. The van der Waals surface area contributed by atoms with E-state index in [1.54, 1.807) is 11.8 Å². The topological polar surface area (TPSA) is 66.8 Å². The Morgan fingerprint density at radius 1 is 1.41 bits per heavy atom. The van der Waals surface area contributed by atoms with E-state index in [2.05, 4.69) is 0 Å². The van der Waals surface area contributed by atoms with Crippen LogP contribution in [0.5, 0.6) is 0 Å². The molecule has 2 rings (SSSR count). The van der Waals surface area contributed by atoms with E-state index in [0.29, 0.717) is 18.6 Å². The van der Waals surface area contributed by atoms with Crippen LogP contribution in [0.4, 0.5) is 0 Å². The first-order valence-corrected chi connectivity index (χ1v) is 7.14. The van der Waals surface area contributed by atoms with E-state index in [9.17, 15) is 15.0 Å². The van der Waals surface area contributed by atoms with Crippen LogP contribution in [-0.2, 0) is 9.53 Å². The van der Waals surface area contributed by atoms with Crippen LogP contribution in [0, 0.1) is 5.41 Å². The molecule has 2 unspecified atom stereocenters. The van der Waals surface area contributed by atoms with Crippen molar-refractivity contribution in [1.82, 2.24) is 0 Å². The van der Waals surface area contributed by atoms with E-state index in [4.69, 9.17) is 4.74 Å². The zero-order chi connectivity index (χ0) is 12.7. The van der Waals surface area contributed by atoms with Crippen molar-refractivity contribution in [3.63, 3.8) is 0 Å². The molecular weight excluding hydrogens is 240 g/mol. The minimum atomic E-state index is -1.23. The summed E-state index contributed by atoms with van der Waals surface area (Å²) >= 11 is 1.62. The monoisotopic (exact) mass is 260 g/mol. The van der Waals surface area contributed by atoms with Crippen molar-refractivity contribution in [1.29, 1.82) is 0 Å². The van der Waals surface area contributed by atoms with E-state index in [1.807, 2.05) is 13.8 Å². The van der Waals surface area contributed by atoms with Crippen molar-refractivity contribution >= 4 is 17.7 Å². The smallest absolute Gasteiger partial charge is 0.313 e. The Balaban J connectivity index is 2.30. The molecule has 4 nitrogen and oxygen atoms in total. The Morgan fingerprint density at radius 3 is 2.53 bits per heavy atom. The van der Waals surface area contributed by atoms with Gasteiger partial charge >= 0.3 is 5.97 Å². The highest BCUT2D eigenvalue weighted by Crippen LogP contribution is 2.50. The molecule has 2 fully saturated rings. The Kier molecular flexibility index (Phi) is 3.21. The lowest BCUT2D eigenvalue weighted by Gasteiger charge is -2.43. The maximum Gasteiger partial charge on any atom is 0.313 e. The van der Waals surface area contributed by atoms with Gasteiger partial charge in [0.25, 0.3) is 0 Å². The second kappa shape index (κ2) is 4.14. The number of ether oxygens (including phenoxy) is 1. The van der Waals surface area contributed by atoms with Crippen LogP contribution in [0.25, 0.3) is 0 Å². The molecule has 2 saturated heterocycles. The van der Waals surface area contributed by atoms with E-state index in [0.717, 1.165) is 12.2 Å². The van der Waals surface area contributed by atoms with Gasteiger partial charge in [-0.3, -0.25) is 4.79 Å². The van der Waals surface area contributed by atoms with Gasteiger partial charge in [0.05, 0.1) is 12.2 Å². The number of hydrogen-bond donors (Lipinski definition) is 2. The van der Waals surface area contributed by atoms with E-state index >= 15 is 0 Å². The highest BCUT2D eigenvalue weighted by Gasteiger charge is 2.61. The summed E-state index contributed by atoms with van der Waals surface area (Å²) in [5, 5.41) is 20.3. The summed E-state index contributed by atoms with van der Waals surface area (Å²) in [6.07, 6.45) is 1.79. The van der Waals surface area contributed by atoms with Crippen molar-refractivity contribution in [3.8, 4) is 0 Å². The number of carboxylic acid groups (broad SMARTS) is 1. The summed E-state index contributed by atoms with van der Waals surface area (Å²) in [6, 6.07) is 0. The SMILES string of the molecule is CC1(C)CC(O)(C2(C(=O)O)CCCSC2)CO1. The quantitative estimate of drug-likeness (QED) is 0.788. The number of hydrogen-bond acceptors (Lipinski definition) is 4. The average Bonchev–Trinajstić information content (AvgIpc) is 2.55. The van der Waals surface area contributed by atoms with Crippen LogP contribution in [0.3, 0.4) is 0 Å². The molecule has 0 saturated carbocycles. The minimum Gasteiger partial charge on any atom is -0.481 e. The molecule has 0 spiro atoms. The third-order valence-corrected chi connectivity index (χ3v) is 5.23. The lowest BCUT2D eigenvalue weighted by Crippen LogP contribution is -2.57. The highest BCUT2D eigenvalue weighted by molar-refractivity contribution is 7.99. The predicted molar refractivity (Wildman–Crippen MR) is 66.2 cm³/mol. The second-order valence-corrected chi connectivity index (χ2v) is 6.91. The van der Waals surface area contributed by atoms with Gasteiger partial charge in [0.2, 0.25) is 0 Å². The molecule has 17 heavy (non-hydrogen) atoms. The maximum absolute atomic E-state index is 11.7. The van der Waals surface area contributed by atoms with E-state index in [-0.39, 0.29) is 6.61 Å². The second-order valence-electron chi connectivity index (χ2n) is 5.80. The first-order valence-electron chi connectivity index (χ1n) is 5.99. The lowest BCUT2D eigenvalue weighted by atomic mass is 9.67. The van der Waals surface area contributed by atoms with Gasteiger partial charge in [0, 0.05) is 12.2 Å². The first kappa shape index (κ1) is 13.2. The number of aliphatic carboxylic acids is 1. The number of thioether (sulfide) groups is 1. The van der Waals surface area contributed by atoms with Crippen LogP contribution >= 0.6 is 11.8 Å². The molecule has 0 aromatic heterocycles. The fourth-order valence-corrected chi connectivity index (χ4v) is 4.34. The molecule has 5 heteroatoms. The summed E-state index contributed by atoms with van der Waals surface area (Å²) in [6.45, 7) is 3.93. The van der Waals surface area contributed by atoms with Gasteiger partial charge in [0.15, 0.2) is 0 Å². The molecule has 0 bridgehead atoms. The van der Waals surface area contributed by atoms with Crippen molar-refractivity contribution < 1.29 is 19.7 Å². The molecule has 98 valence electrons. The van der Waals surface area contributed by atoms with Gasteiger partial charge in [-0.25, -0.2) is 0 Å². The highest BCUT2D eigenvalue weighted by atomic mass is 32.2. The predicted octanol–water partition coefficient (Wildman–Crippen LogP) is 1.51. The maximum atomic E-state index is 11.7. The van der Waals surface area contributed by atoms with Crippen molar-refractivity contribution in [2.24, 2.45) is 5.41 Å². The molecule has 2 heterocycles. The molecule has 0 aromatic rings. The van der Waals surface area contributed by atoms with Gasteiger partial charge in [-0.2, -0.15) is 11.8 Å². The Labute approximate surface area is 106 Å². The zero-order valence-corrected chi connectivity index (χ0v) is 11.2. The summed E-state index contributed by atoms with van der Waals surface area (Å²) < 4.78 is 5.56. The van der Waals surface area contributed by atoms with Crippen LogP contribution < -0.4 is 0 Å². The van der Waals surface area contributed by atoms with Gasteiger partial charge in [-0.1, -0.05) is 0 Å². The molecule has 2 N–H and O–H groups in total. The van der Waals surface area contributed by atoms with Gasteiger partial charge in [-0.05, 0) is 32.4 Å². The fraction of sp³-hybridized carbons (Fsp3) is 0.917. The van der Waals surface area contributed by atoms with Gasteiger partial charge in [0.1, 0.15) is 11.0 Å². The molecular formula is C12H20O4S. The summed E-state index contributed by atoms with van der Waals surface area (Å²) in [5.74, 6) is 0.585. The van der Waals surface area contributed by atoms with Crippen LogP contribution in [0.15, 0.2) is 0 Å². The van der Waals surface area contributed by atoms with Crippen LogP contribution in [0.2, 0.25) is 0 Å². The Hall–Kier alpha value is -0.260. The molecule has 0 radical (unpaired) electrons. The van der Waals surface area contributed by atoms with Gasteiger partial charge in [-0.15, -0.1) is 0 Å². The van der Waals surface area contributed by atoms with Crippen LogP contribution in [-0.4, -0.2) is 45.5 Å². The van der Waals surface area contributed by atoms with Crippen molar-refractivity contribution in [3.05, 3.63) is 0 Å². The van der Waals surface area contributed by atoms with Gasteiger partial charge < -0.3 is 14.9 Å². The fourth-order valence-electron chi connectivity index (χ4n) is 2.96. The zero-order valence-electron chi connectivity index (χ0n) is 10.4. The molecule has 2 aliphatic rings. The standard InChI is InChI=1S/C12H20O4S/c1-10(2)6-12(15,7-16-10)11(9(13)14)4-3-5-17-8-11/h15H,3-8H2,1-2H3,(H,13,14). The number of rotatable bonds is 2. The molecule has 0 aliphatic carbocycles. The largest absolute Gasteiger partial charge is 0.481 e. The normalized spacial score (nSPS) is 41.4. The summed E-state index contributed by atoms with van der Waals surface area (Å²) in [5.41, 5.74) is -2.70. The third kappa shape index (κ3) is 2.09. The summed E-state index contributed by atoms with van der Waals surface area (Å²) in [4.78, 5) is 11.7. The minimum absolute atomic E-state index is 0.132. The number of aliphatic hydroxyl groups is 1. The molecule has 2 atom stereocenters. The molecule has 2 aliphatic heterocycles. The average molecular weight is 260 g/mol. The number of carboxylic acids is 1. The summed E-state index contributed by atoms with van der Waals surface area (Å²) in [7, 11) is 0. The Morgan fingerprint density at radius 2 is 2.12 bits per heavy atom. The van der Waals surface area contributed by atoms with Crippen molar-refractivity contribution in [2.45, 2.75) is 44.3 Å². The van der Waals surface area contributed by atoms with Crippen LogP contribution in [0.1, 0.15) is 33.1 Å².